The summed E-state index contributed by atoms with van der Waals surface area (Å²) in [6.07, 6.45) is 4.66. The lowest BCUT2D eigenvalue weighted by Gasteiger charge is -2.07. The Kier molecular flexibility index (Phi) is 3.74. The number of pyridine rings is 2. The predicted octanol–water partition coefficient (Wildman–Crippen LogP) is 2.44. The van der Waals surface area contributed by atoms with Crippen LogP contribution in [-0.4, -0.2) is 21.0 Å². The number of halogens is 1. The molecule has 0 atom stereocenters. The normalized spacial score (nSPS) is 10.1. The van der Waals surface area contributed by atoms with Crippen molar-refractivity contribution in [2.24, 2.45) is 0 Å². The van der Waals surface area contributed by atoms with Gasteiger partial charge in [-0.2, -0.15) is 0 Å². The number of carboxylic acid groups (broad SMARTS) is 1. The van der Waals surface area contributed by atoms with Crippen molar-refractivity contribution in [2.45, 2.75) is 6.54 Å². The van der Waals surface area contributed by atoms with Crippen molar-refractivity contribution >= 4 is 23.4 Å². The molecule has 0 fully saturated rings. The van der Waals surface area contributed by atoms with Gasteiger partial charge in [-0.25, -0.2) is 9.78 Å². The molecule has 0 radical (unpaired) electrons. The number of hydrogen-bond acceptors (Lipinski definition) is 4. The molecule has 92 valence electrons. The molecular formula is C12H10ClN3O2. The summed E-state index contributed by atoms with van der Waals surface area (Å²) in [5.74, 6) is -0.594. The molecule has 18 heavy (non-hydrogen) atoms. The highest BCUT2D eigenvalue weighted by atomic mass is 35.5. The van der Waals surface area contributed by atoms with E-state index in [4.69, 9.17) is 16.7 Å². The second kappa shape index (κ2) is 5.46. The molecule has 2 N–H and O–H groups in total. The summed E-state index contributed by atoms with van der Waals surface area (Å²) in [6.45, 7) is 0.543. The fourth-order valence-electron chi connectivity index (χ4n) is 1.37. The first kappa shape index (κ1) is 12.3. The van der Waals surface area contributed by atoms with Gasteiger partial charge in [-0.15, -0.1) is 0 Å². The second-order valence-corrected chi connectivity index (χ2v) is 3.98. The number of aromatic nitrogens is 2. The molecule has 2 aromatic heterocycles. The average molecular weight is 264 g/mol. The number of anilines is 1. The fraction of sp³-hybridized carbons (Fsp3) is 0.0833. The van der Waals surface area contributed by atoms with E-state index in [1.807, 2.05) is 12.1 Å². The van der Waals surface area contributed by atoms with E-state index < -0.39 is 5.97 Å². The van der Waals surface area contributed by atoms with Crippen molar-refractivity contribution in [2.75, 3.05) is 5.32 Å². The molecule has 2 rings (SSSR count). The standard InChI is InChI=1S/C12H10ClN3O2/c13-10-5-9(12(17)18)7-16-11(10)15-6-8-1-3-14-4-2-8/h1-5,7H,6H2,(H,15,16)(H,17,18). The third kappa shape index (κ3) is 2.95. The zero-order valence-corrected chi connectivity index (χ0v) is 10.1. The van der Waals surface area contributed by atoms with E-state index in [0.29, 0.717) is 12.4 Å². The van der Waals surface area contributed by atoms with E-state index in [9.17, 15) is 4.79 Å². The molecule has 2 heterocycles. The first-order chi connectivity index (χ1) is 8.66. The van der Waals surface area contributed by atoms with Crippen LogP contribution < -0.4 is 5.32 Å². The van der Waals surface area contributed by atoms with E-state index in [1.54, 1.807) is 12.4 Å². The van der Waals surface area contributed by atoms with Crippen LogP contribution in [0.1, 0.15) is 15.9 Å². The van der Waals surface area contributed by atoms with Crippen LogP contribution in [0.2, 0.25) is 5.02 Å². The van der Waals surface area contributed by atoms with Crippen LogP contribution in [0, 0.1) is 0 Å². The second-order valence-electron chi connectivity index (χ2n) is 3.57. The van der Waals surface area contributed by atoms with Crippen molar-refractivity contribution in [1.82, 2.24) is 9.97 Å². The zero-order valence-electron chi connectivity index (χ0n) is 9.30. The maximum atomic E-state index is 10.7. The molecule has 0 amide bonds. The smallest absolute Gasteiger partial charge is 0.337 e. The molecular weight excluding hydrogens is 254 g/mol. The van der Waals surface area contributed by atoms with Crippen LogP contribution in [0.4, 0.5) is 5.82 Å². The number of nitrogens with one attached hydrogen (secondary N) is 1. The molecule has 0 aliphatic heterocycles. The molecule has 0 aliphatic carbocycles. The summed E-state index contributed by atoms with van der Waals surface area (Å²) >= 11 is 5.94. The van der Waals surface area contributed by atoms with Crippen molar-refractivity contribution < 1.29 is 9.90 Å². The van der Waals surface area contributed by atoms with Gasteiger partial charge in [0.1, 0.15) is 5.82 Å². The molecule has 6 heteroatoms. The van der Waals surface area contributed by atoms with Gasteiger partial charge < -0.3 is 10.4 Å². The highest BCUT2D eigenvalue weighted by molar-refractivity contribution is 6.33. The fourth-order valence-corrected chi connectivity index (χ4v) is 1.60. The molecule has 0 unspecified atom stereocenters. The Morgan fingerprint density at radius 1 is 1.39 bits per heavy atom. The third-order valence-electron chi connectivity index (χ3n) is 2.30. The SMILES string of the molecule is O=C(O)c1cnc(NCc2ccncc2)c(Cl)c1. The van der Waals surface area contributed by atoms with Crippen LogP contribution in [0.5, 0.6) is 0 Å². The molecule has 5 nitrogen and oxygen atoms in total. The molecule has 0 saturated carbocycles. The van der Waals surface area contributed by atoms with E-state index >= 15 is 0 Å². The predicted molar refractivity (Wildman–Crippen MR) is 67.8 cm³/mol. The average Bonchev–Trinajstić information content (AvgIpc) is 2.38. The lowest BCUT2D eigenvalue weighted by molar-refractivity contribution is 0.0696. The minimum absolute atomic E-state index is 0.0643. The first-order valence-corrected chi connectivity index (χ1v) is 5.56. The monoisotopic (exact) mass is 263 g/mol. The summed E-state index contributed by atoms with van der Waals surface area (Å²) in [7, 11) is 0. The molecule has 0 saturated heterocycles. The Hall–Kier alpha value is -2.14. The number of carbonyl (C=O) groups is 1. The van der Waals surface area contributed by atoms with Gasteiger partial charge in [-0.05, 0) is 23.8 Å². The maximum absolute atomic E-state index is 10.7. The van der Waals surface area contributed by atoms with Gasteiger partial charge in [0.2, 0.25) is 0 Å². The number of nitrogens with zero attached hydrogens (tertiary/aromatic N) is 2. The lowest BCUT2D eigenvalue weighted by atomic mass is 10.2. The van der Waals surface area contributed by atoms with Crippen molar-refractivity contribution in [1.29, 1.82) is 0 Å². The minimum atomic E-state index is -1.05. The highest BCUT2D eigenvalue weighted by Gasteiger charge is 2.08. The Morgan fingerprint density at radius 3 is 2.72 bits per heavy atom. The molecule has 2 aromatic rings. The van der Waals surface area contributed by atoms with E-state index in [0.717, 1.165) is 5.56 Å². The van der Waals surface area contributed by atoms with Gasteiger partial charge in [-0.3, -0.25) is 4.98 Å². The van der Waals surface area contributed by atoms with Crippen LogP contribution in [-0.2, 0) is 6.54 Å². The van der Waals surface area contributed by atoms with Gasteiger partial charge in [0, 0.05) is 25.1 Å². The molecule has 0 aliphatic rings. The van der Waals surface area contributed by atoms with Crippen molar-refractivity contribution in [3.05, 3.63) is 52.9 Å². The van der Waals surface area contributed by atoms with Crippen LogP contribution in [0.25, 0.3) is 0 Å². The van der Waals surface area contributed by atoms with Crippen molar-refractivity contribution in [3.8, 4) is 0 Å². The summed E-state index contributed by atoms with van der Waals surface area (Å²) in [5, 5.41) is 12.1. The zero-order chi connectivity index (χ0) is 13.0. The van der Waals surface area contributed by atoms with Gasteiger partial charge in [-0.1, -0.05) is 11.6 Å². The van der Waals surface area contributed by atoms with Gasteiger partial charge in [0.25, 0.3) is 0 Å². The topological polar surface area (TPSA) is 75.1 Å². The molecule has 0 aromatic carbocycles. The third-order valence-corrected chi connectivity index (χ3v) is 2.59. The number of rotatable bonds is 4. The Morgan fingerprint density at radius 2 is 2.11 bits per heavy atom. The van der Waals surface area contributed by atoms with Gasteiger partial charge in [0.15, 0.2) is 0 Å². The summed E-state index contributed by atoms with van der Waals surface area (Å²) in [4.78, 5) is 18.6. The summed E-state index contributed by atoms with van der Waals surface area (Å²) < 4.78 is 0. The number of carboxylic acids is 1. The quantitative estimate of drug-likeness (QED) is 0.886. The molecule has 0 bridgehead atoms. The number of hydrogen-bond donors (Lipinski definition) is 2. The lowest BCUT2D eigenvalue weighted by Crippen LogP contribution is -2.04. The summed E-state index contributed by atoms with van der Waals surface area (Å²) in [6, 6.07) is 5.10. The van der Waals surface area contributed by atoms with Crippen molar-refractivity contribution in [3.63, 3.8) is 0 Å². The maximum Gasteiger partial charge on any atom is 0.337 e. The largest absolute Gasteiger partial charge is 0.478 e. The molecule has 0 spiro atoms. The van der Waals surface area contributed by atoms with E-state index in [1.165, 1.54) is 12.3 Å². The van der Waals surface area contributed by atoms with Gasteiger partial charge in [0.05, 0.1) is 10.6 Å². The van der Waals surface area contributed by atoms with Crippen LogP contribution in [0.15, 0.2) is 36.8 Å². The Balaban J connectivity index is 2.08. The Labute approximate surface area is 108 Å². The highest BCUT2D eigenvalue weighted by Crippen LogP contribution is 2.20. The van der Waals surface area contributed by atoms with Gasteiger partial charge >= 0.3 is 5.97 Å². The van der Waals surface area contributed by atoms with E-state index in [-0.39, 0.29) is 10.6 Å². The first-order valence-electron chi connectivity index (χ1n) is 5.18. The van der Waals surface area contributed by atoms with Crippen LogP contribution >= 0.6 is 11.6 Å². The Bertz CT molecular complexity index is 561. The summed E-state index contributed by atoms with van der Waals surface area (Å²) in [5.41, 5.74) is 1.10. The van der Waals surface area contributed by atoms with E-state index in [2.05, 4.69) is 15.3 Å². The minimum Gasteiger partial charge on any atom is -0.478 e. The van der Waals surface area contributed by atoms with Crippen LogP contribution in [0.3, 0.4) is 0 Å². The number of aromatic carboxylic acids is 1.